The van der Waals surface area contributed by atoms with Crippen LogP contribution in [0.25, 0.3) is 22.8 Å². The number of rotatable bonds is 5. The zero-order valence-electron chi connectivity index (χ0n) is 17.3. The summed E-state index contributed by atoms with van der Waals surface area (Å²) in [6.45, 7) is 4.02. The van der Waals surface area contributed by atoms with Gasteiger partial charge in [-0.25, -0.2) is 9.78 Å². The normalized spacial score (nSPS) is 11.5. The lowest BCUT2D eigenvalue weighted by Crippen LogP contribution is -2.03. The molecule has 0 saturated heterocycles. The van der Waals surface area contributed by atoms with E-state index in [4.69, 9.17) is 4.74 Å². The predicted octanol–water partition coefficient (Wildman–Crippen LogP) is 5.41. The van der Waals surface area contributed by atoms with Crippen LogP contribution in [0.1, 0.15) is 27.3 Å². The lowest BCUT2D eigenvalue weighted by molar-refractivity contribution is 0.0600. The molecule has 4 rings (SSSR count). The number of hydrogen-bond donors (Lipinski definition) is 1. The number of esters is 1. The van der Waals surface area contributed by atoms with Crippen molar-refractivity contribution in [2.45, 2.75) is 19.0 Å². The zero-order valence-corrected chi connectivity index (χ0v) is 18.2. The van der Waals surface area contributed by atoms with Crippen molar-refractivity contribution in [1.29, 1.82) is 5.26 Å². The first kappa shape index (κ1) is 20.5. The van der Waals surface area contributed by atoms with Gasteiger partial charge in [0, 0.05) is 17.1 Å². The second-order valence-corrected chi connectivity index (χ2v) is 8.01. The number of carbonyl (C=O) groups excluding carboxylic acids is 1. The first-order chi connectivity index (χ1) is 15.0. The quantitative estimate of drug-likeness (QED) is 0.261. The first-order valence-electron chi connectivity index (χ1n) is 9.62. The molecule has 0 aliphatic heterocycles. The van der Waals surface area contributed by atoms with Crippen LogP contribution >= 0.6 is 11.8 Å². The van der Waals surface area contributed by atoms with Gasteiger partial charge in [0.15, 0.2) is 5.16 Å². The van der Waals surface area contributed by atoms with Crippen LogP contribution in [0.4, 0.5) is 0 Å². The topological polar surface area (TPSA) is 83.7 Å². The third kappa shape index (κ3) is 4.11. The molecule has 0 fully saturated rings. The van der Waals surface area contributed by atoms with E-state index in [1.807, 2.05) is 62.4 Å². The number of aryl methyl sites for hydroxylation is 1. The van der Waals surface area contributed by atoms with Crippen LogP contribution in [0.5, 0.6) is 0 Å². The summed E-state index contributed by atoms with van der Waals surface area (Å²) < 4.78 is 6.85. The van der Waals surface area contributed by atoms with E-state index in [0.29, 0.717) is 15.6 Å². The number of ether oxygens (including phenoxy) is 1. The fourth-order valence-electron chi connectivity index (χ4n) is 3.50. The number of para-hydroxylation sites is 2. The molecule has 31 heavy (non-hydrogen) atoms. The number of benzene rings is 2. The molecule has 0 unspecified atom stereocenters. The Balaban J connectivity index is 1.64. The van der Waals surface area contributed by atoms with Gasteiger partial charge in [0.1, 0.15) is 6.07 Å². The number of methoxy groups -OCH3 is 1. The van der Waals surface area contributed by atoms with Gasteiger partial charge in [-0.1, -0.05) is 12.1 Å². The molecular formula is C24H20N4O2S. The van der Waals surface area contributed by atoms with Crippen molar-refractivity contribution < 1.29 is 9.53 Å². The maximum atomic E-state index is 11.7. The molecule has 0 aliphatic rings. The van der Waals surface area contributed by atoms with Gasteiger partial charge in [-0.05, 0) is 79.7 Å². The number of nitrogens with zero attached hydrogens (tertiary/aromatic N) is 3. The number of fused-ring (bicyclic) bond motifs is 1. The molecule has 0 amide bonds. The number of aromatic nitrogens is 3. The Morgan fingerprint density at radius 1 is 1.19 bits per heavy atom. The van der Waals surface area contributed by atoms with Crippen LogP contribution < -0.4 is 0 Å². The van der Waals surface area contributed by atoms with Gasteiger partial charge < -0.3 is 14.3 Å². The molecule has 7 heteroatoms. The average molecular weight is 429 g/mol. The number of aromatic amines is 1. The van der Waals surface area contributed by atoms with E-state index in [2.05, 4.69) is 20.6 Å². The van der Waals surface area contributed by atoms with Crippen molar-refractivity contribution in [3.05, 3.63) is 82.0 Å². The average Bonchev–Trinajstić information content (AvgIpc) is 3.32. The molecule has 0 atom stereocenters. The molecule has 0 saturated carbocycles. The fraction of sp³-hybridized carbons (Fsp3) is 0.125. The Morgan fingerprint density at radius 2 is 1.94 bits per heavy atom. The molecule has 0 aliphatic carbocycles. The van der Waals surface area contributed by atoms with Crippen molar-refractivity contribution in [2.75, 3.05) is 7.11 Å². The maximum absolute atomic E-state index is 11.7. The summed E-state index contributed by atoms with van der Waals surface area (Å²) >= 11 is 1.31. The molecule has 0 bridgehead atoms. The van der Waals surface area contributed by atoms with Crippen molar-refractivity contribution in [3.8, 4) is 11.8 Å². The molecule has 2 aromatic heterocycles. The third-order valence-corrected chi connectivity index (χ3v) is 5.80. The van der Waals surface area contributed by atoms with E-state index in [0.717, 1.165) is 33.7 Å². The monoisotopic (exact) mass is 428 g/mol. The van der Waals surface area contributed by atoms with Gasteiger partial charge in [0.25, 0.3) is 0 Å². The summed E-state index contributed by atoms with van der Waals surface area (Å²) in [5.41, 5.74) is 6.23. The first-order valence-corrected chi connectivity index (χ1v) is 10.4. The Kier molecular flexibility index (Phi) is 5.65. The van der Waals surface area contributed by atoms with E-state index < -0.39 is 0 Å². The van der Waals surface area contributed by atoms with Gasteiger partial charge >= 0.3 is 5.97 Å². The van der Waals surface area contributed by atoms with Crippen molar-refractivity contribution in [2.24, 2.45) is 0 Å². The predicted molar refractivity (Wildman–Crippen MR) is 122 cm³/mol. The second kappa shape index (κ2) is 8.54. The number of H-pyrrole nitrogens is 1. The molecule has 2 heterocycles. The summed E-state index contributed by atoms with van der Waals surface area (Å²) in [6.07, 6.45) is 1.87. The minimum absolute atomic E-state index is 0.364. The number of allylic oxidation sites excluding steroid dienone is 1. The van der Waals surface area contributed by atoms with Crippen molar-refractivity contribution in [1.82, 2.24) is 14.5 Å². The van der Waals surface area contributed by atoms with Gasteiger partial charge in [-0.15, -0.1) is 0 Å². The second-order valence-electron chi connectivity index (χ2n) is 6.98. The third-order valence-electron chi connectivity index (χ3n) is 4.99. The van der Waals surface area contributed by atoms with Gasteiger partial charge in [-0.3, -0.25) is 0 Å². The minimum atomic E-state index is -0.364. The highest BCUT2D eigenvalue weighted by Gasteiger charge is 2.13. The summed E-state index contributed by atoms with van der Waals surface area (Å²) in [5, 5.41) is 10.4. The van der Waals surface area contributed by atoms with E-state index >= 15 is 0 Å². The SMILES string of the molecule is COC(=O)c1ccc(-n2c(C)cc(/C=C(\C#N)Sc3nc4ccccc4[nH]3)c2C)cc1. The Bertz CT molecular complexity index is 1310. The number of imidazole rings is 1. The lowest BCUT2D eigenvalue weighted by Gasteiger charge is -2.10. The van der Waals surface area contributed by atoms with E-state index in [9.17, 15) is 10.1 Å². The largest absolute Gasteiger partial charge is 0.465 e. The number of thioether (sulfide) groups is 1. The highest BCUT2D eigenvalue weighted by atomic mass is 32.2. The number of carbonyl (C=O) groups is 1. The van der Waals surface area contributed by atoms with E-state index in [-0.39, 0.29) is 5.97 Å². The van der Waals surface area contributed by atoms with Gasteiger partial charge in [0.05, 0.1) is 28.6 Å². The molecule has 0 spiro atoms. The Hall–Kier alpha value is -3.76. The molecular weight excluding hydrogens is 408 g/mol. The number of nitrogens with one attached hydrogen (secondary N) is 1. The van der Waals surface area contributed by atoms with Crippen LogP contribution in [0.15, 0.2) is 64.7 Å². The molecule has 154 valence electrons. The van der Waals surface area contributed by atoms with Crippen LogP contribution in [0.3, 0.4) is 0 Å². The minimum Gasteiger partial charge on any atom is -0.465 e. The fourth-order valence-corrected chi connectivity index (χ4v) is 4.25. The number of hydrogen-bond acceptors (Lipinski definition) is 5. The summed E-state index contributed by atoms with van der Waals surface area (Å²) in [5.74, 6) is -0.364. The Morgan fingerprint density at radius 3 is 2.61 bits per heavy atom. The van der Waals surface area contributed by atoms with E-state index in [1.54, 1.807) is 12.1 Å². The van der Waals surface area contributed by atoms with Crippen LogP contribution in [-0.2, 0) is 4.74 Å². The van der Waals surface area contributed by atoms with Crippen molar-refractivity contribution in [3.63, 3.8) is 0 Å². The van der Waals surface area contributed by atoms with Crippen LogP contribution in [0, 0.1) is 25.2 Å². The van der Waals surface area contributed by atoms with Crippen LogP contribution in [0.2, 0.25) is 0 Å². The van der Waals surface area contributed by atoms with Gasteiger partial charge in [0.2, 0.25) is 0 Å². The molecule has 4 aromatic rings. The molecule has 0 radical (unpaired) electrons. The number of nitriles is 1. The molecule has 1 N–H and O–H groups in total. The zero-order chi connectivity index (χ0) is 22.0. The van der Waals surface area contributed by atoms with Gasteiger partial charge in [-0.2, -0.15) is 5.26 Å². The standard InChI is InChI=1S/C24H20N4O2S/c1-15-12-18(16(2)28(15)19-10-8-17(9-11-19)23(29)30-3)13-20(14-25)31-24-26-21-6-4-5-7-22(21)27-24/h4-13H,1-3H3,(H,26,27)/b20-13+. The summed E-state index contributed by atoms with van der Waals surface area (Å²) in [6, 6.07) is 19.3. The smallest absolute Gasteiger partial charge is 0.337 e. The van der Waals surface area contributed by atoms with Crippen LogP contribution in [-0.4, -0.2) is 27.6 Å². The van der Waals surface area contributed by atoms with Crippen molar-refractivity contribution >= 4 is 34.8 Å². The lowest BCUT2D eigenvalue weighted by atomic mass is 10.2. The molecule has 6 nitrogen and oxygen atoms in total. The Labute approximate surface area is 184 Å². The highest BCUT2D eigenvalue weighted by Crippen LogP contribution is 2.30. The summed E-state index contributed by atoms with van der Waals surface area (Å²) in [4.78, 5) is 20.0. The highest BCUT2D eigenvalue weighted by molar-refractivity contribution is 8.03. The molecule has 2 aromatic carbocycles. The van der Waals surface area contributed by atoms with E-state index in [1.165, 1.54) is 18.9 Å². The maximum Gasteiger partial charge on any atom is 0.337 e. The summed E-state index contributed by atoms with van der Waals surface area (Å²) in [7, 11) is 1.37.